The van der Waals surface area contributed by atoms with Crippen LogP contribution in [-0.2, 0) is 17.1 Å². The number of aromatic nitrogens is 2. The molecule has 0 aliphatic rings. The molecule has 0 amide bonds. The molecule has 2 heterocycles. The lowest BCUT2D eigenvalue weighted by molar-refractivity contribution is 0.589. The predicted octanol–water partition coefficient (Wildman–Crippen LogP) is 2.92. The van der Waals surface area contributed by atoms with Gasteiger partial charge in [0.25, 0.3) is 15.6 Å². The molecule has 2 aromatic heterocycles. The standard InChI is InChI=1S/C18H18N2O3S/c1-12(2)16-11-19(4)18(21)17-15(16)9-10-20(17)24(22,23)14-7-5-13(3)6-8-14/h5-11H,1H2,2-4H3. The van der Waals surface area contributed by atoms with Crippen LogP contribution in [0.15, 0.2) is 59.0 Å². The van der Waals surface area contributed by atoms with E-state index in [1.54, 1.807) is 43.6 Å². The lowest BCUT2D eigenvalue weighted by Crippen LogP contribution is -2.22. The maximum absolute atomic E-state index is 13.0. The molecule has 0 bridgehead atoms. The summed E-state index contributed by atoms with van der Waals surface area (Å²) in [5.74, 6) is 0. The van der Waals surface area contributed by atoms with Gasteiger partial charge in [-0.3, -0.25) is 4.79 Å². The number of aryl methyl sites for hydroxylation is 2. The van der Waals surface area contributed by atoms with Crippen LogP contribution in [0.25, 0.3) is 16.5 Å². The number of hydrogen-bond acceptors (Lipinski definition) is 3. The number of fused-ring (bicyclic) bond motifs is 1. The molecule has 0 unspecified atom stereocenters. The Labute approximate surface area is 140 Å². The van der Waals surface area contributed by atoms with Crippen molar-refractivity contribution in [1.29, 1.82) is 0 Å². The molecular formula is C18H18N2O3S. The van der Waals surface area contributed by atoms with Crippen molar-refractivity contribution in [2.24, 2.45) is 7.05 Å². The topological polar surface area (TPSA) is 61.1 Å². The molecule has 3 rings (SSSR count). The smallest absolute Gasteiger partial charge is 0.275 e. The minimum absolute atomic E-state index is 0.138. The summed E-state index contributed by atoms with van der Waals surface area (Å²) < 4.78 is 28.4. The molecule has 0 spiro atoms. The van der Waals surface area contributed by atoms with Crippen LogP contribution in [-0.4, -0.2) is 17.0 Å². The summed E-state index contributed by atoms with van der Waals surface area (Å²) in [5, 5.41) is 0.585. The quantitative estimate of drug-likeness (QED) is 0.735. The van der Waals surface area contributed by atoms with E-state index in [2.05, 4.69) is 6.58 Å². The van der Waals surface area contributed by atoms with Gasteiger partial charge < -0.3 is 4.57 Å². The molecule has 24 heavy (non-hydrogen) atoms. The number of hydrogen-bond donors (Lipinski definition) is 0. The molecule has 0 atom stereocenters. The largest absolute Gasteiger partial charge is 0.316 e. The van der Waals surface area contributed by atoms with Crippen molar-refractivity contribution in [3.05, 3.63) is 70.8 Å². The van der Waals surface area contributed by atoms with E-state index < -0.39 is 10.0 Å². The number of allylic oxidation sites excluding steroid dienone is 1. The van der Waals surface area contributed by atoms with E-state index in [1.165, 1.54) is 10.8 Å². The van der Waals surface area contributed by atoms with Crippen molar-refractivity contribution in [3.63, 3.8) is 0 Å². The highest BCUT2D eigenvalue weighted by atomic mass is 32.2. The van der Waals surface area contributed by atoms with Gasteiger partial charge in [-0.15, -0.1) is 0 Å². The lowest BCUT2D eigenvalue weighted by Gasteiger charge is -2.10. The van der Waals surface area contributed by atoms with Crippen molar-refractivity contribution in [1.82, 2.24) is 8.54 Å². The first kappa shape index (κ1) is 16.3. The highest BCUT2D eigenvalue weighted by Gasteiger charge is 2.22. The van der Waals surface area contributed by atoms with E-state index in [9.17, 15) is 13.2 Å². The summed E-state index contributed by atoms with van der Waals surface area (Å²) in [6.07, 6.45) is 3.10. The third-order valence-corrected chi connectivity index (χ3v) is 5.72. The Hall–Kier alpha value is -2.60. The maximum Gasteiger partial charge on any atom is 0.275 e. The maximum atomic E-state index is 13.0. The number of benzene rings is 1. The van der Waals surface area contributed by atoms with E-state index in [-0.39, 0.29) is 16.0 Å². The fourth-order valence-electron chi connectivity index (χ4n) is 2.69. The fraction of sp³-hybridized carbons (Fsp3) is 0.167. The van der Waals surface area contributed by atoms with Crippen LogP contribution in [0.3, 0.4) is 0 Å². The molecule has 0 aliphatic heterocycles. The number of pyridine rings is 1. The molecule has 5 nitrogen and oxygen atoms in total. The number of nitrogens with zero attached hydrogens (tertiary/aromatic N) is 2. The summed E-state index contributed by atoms with van der Waals surface area (Å²) in [4.78, 5) is 12.7. The van der Waals surface area contributed by atoms with E-state index in [0.717, 1.165) is 20.7 Å². The molecule has 0 saturated heterocycles. The molecule has 3 aromatic rings. The Morgan fingerprint density at radius 1 is 1.12 bits per heavy atom. The zero-order valence-corrected chi connectivity index (χ0v) is 14.6. The van der Waals surface area contributed by atoms with E-state index in [0.29, 0.717) is 5.39 Å². The van der Waals surface area contributed by atoms with Crippen LogP contribution < -0.4 is 5.56 Å². The van der Waals surface area contributed by atoms with Gasteiger partial charge in [0.05, 0.1) is 4.90 Å². The Kier molecular flexibility index (Phi) is 3.72. The van der Waals surface area contributed by atoms with Crippen LogP contribution in [0.5, 0.6) is 0 Å². The normalized spacial score (nSPS) is 11.8. The molecular weight excluding hydrogens is 324 g/mol. The van der Waals surface area contributed by atoms with Gasteiger partial charge in [0, 0.05) is 30.4 Å². The van der Waals surface area contributed by atoms with Gasteiger partial charge in [-0.2, -0.15) is 0 Å². The summed E-state index contributed by atoms with van der Waals surface area (Å²) in [5.41, 5.74) is 2.26. The second kappa shape index (κ2) is 5.49. The van der Waals surface area contributed by atoms with Gasteiger partial charge in [-0.05, 0) is 37.6 Å². The van der Waals surface area contributed by atoms with Crippen molar-refractivity contribution >= 4 is 26.5 Å². The van der Waals surface area contributed by atoms with E-state index >= 15 is 0 Å². The van der Waals surface area contributed by atoms with Gasteiger partial charge in [-0.1, -0.05) is 24.3 Å². The highest BCUT2D eigenvalue weighted by Crippen LogP contribution is 2.25. The second-order valence-corrected chi connectivity index (χ2v) is 7.75. The molecule has 6 heteroatoms. The van der Waals surface area contributed by atoms with Crippen molar-refractivity contribution in [2.75, 3.05) is 0 Å². The van der Waals surface area contributed by atoms with Gasteiger partial charge in [0.2, 0.25) is 0 Å². The Bertz CT molecular complexity index is 1120. The van der Waals surface area contributed by atoms with Gasteiger partial charge in [0.1, 0.15) is 5.52 Å². The zero-order valence-electron chi connectivity index (χ0n) is 13.8. The van der Waals surface area contributed by atoms with E-state index in [4.69, 9.17) is 0 Å². The summed E-state index contributed by atoms with van der Waals surface area (Å²) in [7, 11) is -2.25. The average molecular weight is 342 g/mol. The molecule has 0 fully saturated rings. The van der Waals surface area contributed by atoms with Crippen molar-refractivity contribution in [3.8, 4) is 0 Å². The summed E-state index contributed by atoms with van der Waals surface area (Å²) in [6, 6.07) is 8.20. The van der Waals surface area contributed by atoms with Crippen LogP contribution >= 0.6 is 0 Å². The SMILES string of the molecule is C=C(C)c1cn(C)c(=O)c2c1ccn2S(=O)(=O)c1ccc(C)cc1. The second-order valence-electron chi connectivity index (χ2n) is 5.93. The third kappa shape index (κ3) is 2.39. The molecule has 1 aromatic carbocycles. The van der Waals surface area contributed by atoms with Crippen LogP contribution in [0.2, 0.25) is 0 Å². The van der Waals surface area contributed by atoms with Gasteiger partial charge in [-0.25, -0.2) is 12.4 Å². The Morgan fingerprint density at radius 3 is 2.33 bits per heavy atom. The molecule has 0 radical (unpaired) electrons. The van der Waals surface area contributed by atoms with E-state index in [1.807, 2.05) is 13.8 Å². The fourth-order valence-corrected chi connectivity index (χ4v) is 4.04. The predicted molar refractivity (Wildman–Crippen MR) is 95.6 cm³/mol. The highest BCUT2D eigenvalue weighted by molar-refractivity contribution is 7.90. The zero-order chi connectivity index (χ0) is 17.6. The lowest BCUT2D eigenvalue weighted by atomic mass is 10.1. The third-order valence-electron chi connectivity index (χ3n) is 4.03. The summed E-state index contributed by atoms with van der Waals surface area (Å²) in [6.45, 7) is 7.62. The summed E-state index contributed by atoms with van der Waals surface area (Å²) >= 11 is 0. The first-order chi connectivity index (χ1) is 11.2. The minimum atomic E-state index is -3.85. The molecule has 0 saturated carbocycles. The van der Waals surface area contributed by atoms with Crippen LogP contribution in [0.4, 0.5) is 0 Å². The van der Waals surface area contributed by atoms with Gasteiger partial charge >= 0.3 is 0 Å². The Balaban J connectivity index is 2.38. The van der Waals surface area contributed by atoms with Crippen LogP contribution in [0, 0.1) is 6.92 Å². The molecule has 124 valence electrons. The first-order valence-electron chi connectivity index (χ1n) is 7.42. The van der Waals surface area contributed by atoms with Gasteiger partial charge in [0.15, 0.2) is 0 Å². The van der Waals surface area contributed by atoms with Crippen molar-refractivity contribution in [2.45, 2.75) is 18.7 Å². The average Bonchev–Trinajstić information content (AvgIpc) is 2.97. The minimum Gasteiger partial charge on any atom is -0.316 e. The van der Waals surface area contributed by atoms with Crippen LogP contribution in [0.1, 0.15) is 18.1 Å². The van der Waals surface area contributed by atoms with Crippen molar-refractivity contribution < 1.29 is 8.42 Å². The molecule has 0 N–H and O–H groups in total. The first-order valence-corrected chi connectivity index (χ1v) is 8.86. The Morgan fingerprint density at radius 2 is 1.75 bits per heavy atom. The molecule has 0 aliphatic carbocycles. The monoisotopic (exact) mass is 342 g/mol. The number of rotatable bonds is 3.